The topological polar surface area (TPSA) is 64.4 Å². The van der Waals surface area contributed by atoms with Crippen LogP contribution >= 0.6 is 11.8 Å². The second kappa shape index (κ2) is 7.94. The van der Waals surface area contributed by atoms with Crippen molar-refractivity contribution in [3.05, 3.63) is 65.0 Å². The molecule has 7 heteroatoms. The minimum atomic E-state index is -0.131. The number of benzene rings is 2. The van der Waals surface area contributed by atoms with Crippen molar-refractivity contribution in [2.75, 3.05) is 32.1 Å². The summed E-state index contributed by atoms with van der Waals surface area (Å²) in [5.74, 6) is 0.266. The fraction of sp³-hybridized carbons (Fsp3) is 0.250. The van der Waals surface area contributed by atoms with E-state index in [4.69, 9.17) is 4.74 Å². The van der Waals surface area contributed by atoms with Crippen molar-refractivity contribution >= 4 is 28.6 Å². The summed E-state index contributed by atoms with van der Waals surface area (Å²) < 4.78 is 6.88. The van der Waals surface area contributed by atoms with Crippen LogP contribution in [0.4, 0.5) is 0 Å². The zero-order chi connectivity index (χ0) is 18.6. The number of fused-ring (bicyclic) bond motifs is 1. The molecule has 1 fully saturated rings. The fourth-order valence-electron chi connectivity index (χ4n) is 3.04. The number of nitrogens with zero attached hydrogens (tertiary/aromatic N) is 3. The number of carbonyl (C=O) groups excluding carboxylic acids is 1. The van der Waals surface area contributed by atoms with Crippen LogP contribution in [0.25, 0.3) is 16.6 Å². The Bertz CT molecular complexity index is 1010. The lowest BCUT2D eigenvalue weighted by Crippen LogP contribution is -2.41. The zero-order valence-electron chi connectivity index (χ0n) is 14.7. The molecule has 0 saturated carbocycles. The van der Waals surface area contributed by atoms with Crippen LogP contribution in [0.3, 0.4) is 0 Å². The number of amides is 1. The molecule has 0 aliphatic carbocycles. The summed E-state index contributed by atoms with van der Waals surface area (Å²) in [6.07, 6.45) is 0. The van der Waals surface area contributed by atoms with E-state index in [1.54, 1.807) is 15.5 Å². The maximum atomic E-state index is 13.1. The minimum Gasteiger partial charge on any atom is -0.378 e. The largest absolute Gasteiger partial charge is 0.378 e. The van der Waals surface area contributed by atoms with Gasteiger partial charge in [-0.2, -0.15) is 0 Å². The van der Waals surface area contributed by atoms with Crippen molar-refractivity contribution in [1.82, 2.24) is 14.5 Å². The number of carbonyl (C=O) groups is 1. The van der Waals surface area contributed by atoms with Gasteiger partial charge in [-0.1, -0.05) is 42.1 Å². The van der Waals surface area contributed by atoms with Gasteiger partial charge in [-0.15, -0.1) is 0 Å². The van der Waals surface area contributed by atoms with Crippen LogP contribution in [0.15, 0.2) is 64.5 Å². The van der Waals surface area contributed by atoms with Gasteiger partial charge in [0, 0.05) is 13.1 Å². The first-order valence-corrected chi connectivity index (χ1v) is 9.78. The highest BCUT2D eigenvalue weighted by atomic mass is 32.2. The third kappa shape index (κ3) is 3.74. The molecule has 3 aromatic rings. The molecule has 2 aromatic carbocycles. The molecular formula is C20H19N3O3S. The monoisotopic (exact) mass is 381 g/mol. The van der Waals surface area contributed by atoms with Crippen LogP contribution in [-0.2, 0) is 9.53 Å². The van der Waals surface area contributed by atoms with Crippen molar-refractivity contribution in [1.29, 1.82) is 0 Å². The lowest BCUT2D eigenvalue weighted by atomic mass is 10.2. The Morgan fingerprint density at radius 1 is 1.04 bits per heavy atom. The number of ether oxygens (including phenoxy) is 1. The molecule has 1 aliphatic rings. The Morgan fingerprint density at radius 2 is 1.74 bits per heavy atom. The SMILES string of the molecule is O=C(CSc1nc2ccccc2c(=O)n1-c1ccccc1)N1CCOCC1. The fourth-order valence-corrected chi connectivity index (χ4v) is 3.96. The number of para-hydroxylation sites is 2. The smallest absolute Gasteiger partial charge is 0.266 e. The standard InChI is InChI=1S/C20H19N3O3S/c24-18(22-10-12-26-13-11-22)14-27-20-21-17-9-5-4-8-16(17)19(25)23(20)15-6-2-1-3-7-15/h1-9H,10-14H2. The van der Waals surface area contributed by atoms with Crippen LogP contribution in [-0.4, -0.2) is 52.4 Å². The lowest BCUT2D eigenvalue weighted by Gasteiger charge is -2.26. The van der Waals surface area contributed by atoms with E-state index in [0.717, 1.165) is 5.69 Å². The first-order valence-electron chi connectivity index (χ1n) is 8.79. The third-order valence-electron chi connectivity index (χ3n) is 4.45. The predicted molar refractivity (Wildman–Crippen MR) is 105 cm³/mol. The van der Waals surface area contributed by atoms with E-state index < -0.39 is 0 Å². The molecule has 27 heavy (non-hydrogen) atoms. The molecular weight excluding hydrogens is 362 g/mol. The number of morpholine rings is 1. The van der Waals surface area contributed by atoms with E-state index in [0.29, 0.717) is 42.4 Å². The van der Waals surface area contributed by atoms with Gasteiger partial charge in [-0.3, -0.25) is 14.2 Å². The van der Waals surface area contributed by atoms with Crippen molar-refractivity contribution in [2.45, 2.75) is 5.16 Å². The molecule has 0 atom stereocenters. The first-order chi connectivity index (χ1) is 13.2. The van der Waals surface area contributed by atoms with E-state index in [-0.39, 0.29) is 17.2 Å². The molecule has 1 aliphatic heterocycles. The van der Waals surface area contributed by atoms with Crippen LogP contribution < -0.4 is 5.56 Å². The highest BCUT2D eigenvalue weighted by Gasteiger charge is 2.19. The van der Waals surface area contributed by atoms with Gasteiger partial charge in [0.2, 0.25) is 5.91 Å². The summed E-state index contributed by atoms with van der Waals surface area (Å²) in [4.78, 5) is 32.1. The average molecular weight is 381 g/mol. The minimum absolute atomic E-state index is 0.0327. The normalized spacial score (nSPS) is 14.4. The second-order valence-corrected chi connectivity index (χ2v) is 7.11. The van der Waals surface area contributed by atoms with E-state index in [1.807, 2.05) is 48.5 Å². The number of rotatable bonds is 4. The molecule has 1 amide bonds. The van der Waals surface area contributed by atoms with E-state index in [9.17, 15) is 9.59 Å². The molecule has 1 aromatic heterocycles. The summed E-state index contributed by atoms with van der Waals surface area (Å²) in [6, 6.07) is 16.7. The van der Waals surface area contributed by atoms with Gasteiger partial charge in [-0.05, 0) is 24.3 Å². The molecule has 6 nitrogen and oxygen atoms in total. The number of hydrogen-bond donors (Lipinski definition) is 0. The van der Waals surface area contributed by atoms with E-state index >= 15 is 0 Å². The number of aromatic nitrogens is 2. The molecule has 4 rings (SSSR count). The Kier molecular flexibility index (Phi) is 5.22. The summed E-state index contributed by atoms with van der Waals surface area (Å²) >= 11 is 1.29. The average Bonchev–Trinajstić information content (AvgIpc) is 2.73. The van der Waals surface area contributed by atoms with Gasteiger partial charge in [0.05, 0.1) is 35.6 Å². The highest BCUT2D eigenvalue weighted by molar-refractivity contribution is 7.99. The highest BCUT2D eigenvalue weighted by Crippen LogP contribution is 2.21. The van der Waals surface area contributed by atoms with Gasteiger partial charge in [-0.25, -0.2) is 4.98 Å². The summed E-state index contributed by atoms with van der Waals surface area (Å²) in [7, 11) is 0. The quantitative estimate of drug-likeness (QED) is 0.513. The van der Waals surface area contributed by atoms with Crippen molar-refractivity contribution < 1.29 is 9.53 Å². The summed E-state index contributed by atoms with van der Waals surface area (Å²) in [5.41, 5.74) is 1.24. The second-order valence-electron chi connectivity index (χ2n) is 6.17. The number of thioether (sulfide) groups is 1. The van der Waals surface area contributed by atoms with Crippen molar-refractivity contribution in [3.8, 4) is 5.69 Å². The van der Waals surface area contributed by atoms with Crippen LogP contribution in [0, 0.1) is 0 Å². The van der Waals surface area contributed by atoms with E-state index in [1.165, 1.54) is 11.8 Å². The third-order valence-corrected chi connectivity index (χ3v) is 5.37. The molecule has 2 heterocycles. The Labute approximate surface area is 160 Å². The lowest BCUT2D eigenvalue weighted by molar-refractivity contribution is -0.132. The van der Waals surface area contributed by atoms with Crippen LogP contribution in [0.2, 0.25) is 0 Å². The van der Waals surface area contributed by atoms with E-state index in [2.05, 4.69) is 4.98 Å². The first kappa shape index (κ1) is 17.8. The van der Waals surface area contributed by atoms with Crippen LogP contribution in [0.1, 0.15) is 0 Å². The Morgan fingerprint density at radius 3 is 2.52 bits per heavy atom. The Hall–Kier alpha value is -2.64. The molecule has 1 saturated heterocycles. The zero-order valence-corrected chi connectivity index (χ0v) is 15.5. The Balaban J connectivity index is 1.70. The number of hydrogen-bond acceptors (Lipinski definition) is 5. The van der Waals surface area contributed by atoms with Gasteiger partial charge in [0.1, 0.15) is 0 Å². The maximum Gasteiger partial charge on any atom is 0.266 e. The molecule has 0 radical (unpaired) electrons. The molecule has 0 unspecified atom stereocenters. The predicted octanol–water partition coefficient (Wildman–Crippen LogP) is 2.34. The van der Waals surface area contributed by atoms with Crippen molar-refractivity contribution in [2.24, 2.45) is 0 Å². The molecule has 138 valence electrons. The van der Waals surface area contributed by atoms with Gasteiger partial charge < -0.3 is 9.64 Å². The van der Waals surface area contributed by atoms with Gasteiger partial charge in [0.25, 0.3) is 5.56 Å². The van der Waals surface area contributed by atoms with Crippen LogP contribution in [0.5, 0.6) is 0 Å². The molecule has 0 N–H and O–H groups in total. The van der Waals surface area contributed by atoms with Crippen molar-refractivity contribution in [3.63, 3.8) is 0 Å². The summed E-state index contributed by atoms with van der Waals surface area (Å²) in [6.45, 7) is 2.35. The van der Waals surface area contributed by atoms with Gasteiger partial charge >= 0.3 is 0 Å². The van der Waals surface area contributed by atoms with Gasteiger partial charge in [0.15, 0.2) is 5.16 Å². The maximum absolute atomic E-state index is 13.1. The molecule has 0 bridgehead atoms. The summed E-state index contributed by atoms with van der Waals surface area (Å²) in [5, 5.41) is 1.08. The molecule has 0 spiro atoms.